The molecular weight excluding hydrogens is 264 g/mol. The molecule has 1 heterocycles. The van der Waals surface area contributed by atoms with Crippen LogP contribution in [0, 0.1) is 11.8 Å². The Morgan fingerprint density at radius 3 is 2.95 bits per heavy atom. The molecule has 0 bridgehead atoms. The maximum absolute atomic E-state index is 11.6. The number of aliphatic hydroxyl groups is 1. The first-order valence-corrected chi connectivity index (χ1v) is 7.43. The van der Waals surface area contributed by atoms with Crippen LogP contribution in [0.3, 0.4) is 0 Å². The van der Waals surface area contributed by atoms with E-state index < -0.39 is 0 Å². The van der Waals surface area contributed by atoms with Crippen molar-refractivity contribution in [2.75, 3.05) is 13.2 Å². The van der Waals surface area contributed by atoms with Crippen LogP contribution in [0.15, 0.2) is 24.3 Å². The largest absolute Gasteiger partial charge is 0.395 e. The van der Waals surface area contributed by atoms with Crippen LogP contribution in [-0.2, 0) is 11.3 Å². The second-order valence-electron chi connectivity index (χ2n) is 5.32. The molecule has 3 N–H and O–H groups in total. The molecule has 0 spiro atoms. The van der Waals surface area contributed by atoms with Gasteiger partial charge in [-0.1, -0.05) is 36.5 Å². The monoisotopic (exact) mass is 286 g/mol. The predicted octanol–water partition coefficient (Wildman–Crippen LogP) is 1.26. The van der Waals surface area contributed by atoms with Gasteiger partial charge < -0.3 is 10.8 Å². The summed E-state index contributed by atoms with van der Waals surface area (Å²) >= 11 is 0. The van der Waals surface area contributed by atoms with E-state index in [1.165, 1.54) is 0 Å². The van der Waals surface area contributed by atoms with Gasteiger partial charge in [-0.25, -0.2) is 0 Å². The number of carbonyl (C=O) groups excluding carboxylic acids is 1. The van der Waals surface area contributed by atoms with E-state index in [0.717, 1.165) is 36.9 Å². The maximum atomic E-state index is 11.6. The molecule has 1 amide bonds. The van der Waals surface area contributed by atoms with Crippen LogP contribution in [0.2, 0.25) is 0 Å². The smallest absolute Gasteiger partial charge is 0.234 e. The number of hydrogen-bond acceptors (Lipinski definition) is 3. The van der Waals surface area contributed by atoms with E-state index in [4.69, 9.17) is 10.8 Å². The van der Waals surface area contributed by atoms with Gasteiger partial charge in [-0.05, 0) is 31.0 Å². The van der Waals surface area contributed by atoms with Gasteiger partial charge in [0.05, 0.1) is 12.6 Å². The van der Waals surface area contributed by atoms with Gasteiger partial charge in [0.15, 0.2) is 0 Å². The van der Waals surface area contributed by atoms with Gasteiger partial charge in [-0.15, -0.1) is 0 Å². The number of piperidine rings is 1. The highest BCUT2D eigenvalue weighted by molar-refractivity contribution is 5.79. The van der Waals surface area contributed by atoms with Crippen LogP contribution in [0.25, 0.3) is 0 Å². The summed E-state index contributed by atoms with van der Waals surface area (Å²) in [5.41, 5.74) is 7.58. The van der Waals surface area contributed by atoms with E-state index in [2.05, 4.69) is 16.7 Å². The number of rotatable bonds is 4. The fourth-order valence-corrected chi connectivity index (χ4v) is 2.72. The van der Waals surface area contributed by atoms with Crippen LogP contribution in [-0.4, -0.2) is 35.1 Å². The van der Waals surface area contributed by atoms with Crippen molar-refractivity contribution in [2.45, 2.75) is 38.3 Å². The summed E-state index contributed by atoms with van der Waals surface area (Å²) < 4.78 is 0. The highest BCUT2D eigenvalue weighted by atomic mass is 16.2. The zero-order valence-electron chi connectivity index (χ0n) is 12.2. The first-order valence-electron chi connectivity index (χ1n) is 7.43. The molecule has 1 fully saturated rings. The molecule has 1 atom stereocenters. The van der Waals surface area contributed by atoms with Crippen LogP contribution in [0.4, 0.5) is 0 Å². The Morgan fingerprint density at radius 1 is 1.38 bits per heavy atom. The molecule has 4 nitrogen and oxygen atoms in total. The molecule has 112 valence electrons. The molecule has 21 heavy (non-hydrogen) atoms. The second kappa shape index (κ2) is 7.82. The fraction of sp³-hybridized carbons (Fsp3) is 0.471. The molecule has 1 unspecified atom stereocenters. The van der Waals surface area contributed by atoms with Crippen molar-refractivity contribution in [3.63, 3.8) is 0 Å². The molecule has 0 radical (unpaired) electrons. The molecule has 1 aliphatic rings. The van der Waals surface area contributed by atoms with Crippen LogP contribution >= 0.6 is 0 Å². The zero-order valence-corrected chi connectivity index (χ0v) is 12.2. The van der Waals surface area contributed by atoms with E-state index in [0.29, 0.717) is 13.0 Å². The molecule has 4 heteroatoms. The lowest BCUT2D eigenvalue weighted by Gasteiger charge is -2.33. The first-order chi connectivity index (χ1) is 10.2. The standard InChI is InChI=1S/C17H22N2O2/c18-17(21)16-10-3-5-11-19(16)13-15-9-2-1-7-14(15)8-4-6-12-20/h1-2,7,9,16,20H,3,5-6,10-13H2,(H2,18,21). The Morgan fingerprint density at radius 2 is 2.19 bits per heavy atom. The zero-order chi connectivity index (χ0) is 15.1. The summed E-state index contributed by atoms with van der Waals surface area (Å²) in [6.45, 7) is 1.66. The summed E-state index contributed by atoms with van der Waals surface area (Å²) in [4.78, 5) is 13.7. The minimum absolute atomic E-state index is 0.0744. The lowest BCUT2D eigenvalue weighted by molar-refractivity contribution is -0.124. The average molecular weight is 286 g/mol. The number of aliphatic hydroxyl groups excluding tert-OH is 1. The number of hydrogen-bond donors (Lipinski definition) is 2. The molecule has 1 aromatic carbocycles. The minimum Gasteiger partial charge on any atom is -0.395 e. The third-order valence-electron chi connectivity index (χ3n) is 3.79. The number of benzene rings is 1. The molecule has 1 saturated heterocycles. The van der Waals surface area contributed by atoms with Crippen molar-refractivity contribution in [3.05, 3.63) is 35.4 Å². The van der Waals surface area contributed by atoms with Crippen molar-refractivity contribution in [3.8, 4) is 11.8 Å². The van der Waals surface area contributed by atoms with E-state index in [-0.39, 0.29) is 18.6 Å². The summed E-state index contributed by atoms with van der Waals surface area (Å²) in [5.74, 6) is 5.81. The van der Waals surface area contributed by atoms with Gasteiger partial charge in [-0.3, -0.25) is 9.69 Å². The minimum atomic E-state index is -0.237. The van der Waals surface area contributed by atoms with Crippen molar-refractivity contribution < 1.29 is 9.90 Å². The molecule has 0 saturated carbocycles. The lowest BCUT2D eigenvalue weighted by Crippen LogP contribution is -2.47. The summed E-state index contributed by atoms with van der Waals surface area (Å²) in [6, 6.07) is 7.78. The number of carbonyl (C=O) groups is 1. The molecule has 1 aliphatic heterocycles. The topological polar surface area (TPSA) is 66.6 Å². The van der Waals surface area contributed by atoms with Gasteiger partial charge in [0, 0.05) is 18.5 Å². The fourth-order valence-electron chi connectivity index (χ4n) is 2.72. The van der Waals surface area contributed by atoms with Gasteiger partial charge >= 0.3 is 0 Å². The van der Waals surface area contributed by atoms with Crippen LogP contribution in [0.1, 0.15) is 36.8 Å². The number of likely N-dealkylation sites (tertiary alicyclic amines) is 1. The summed E-state index contributed by atoms with van der Waals surface area (Å²) in [5, 5.41) is 8.81. The Bertz CT molecular complexity index is 545. The molecule has 0 aromatic heterocycles. The lowest BCUT2D eigenvalue weighted by atomic mass is 9.99. The van der Waals surface area contributed by atoms with Crippen LogP contribution in [0.5, 0.6) is 0 Å². The van der Waals surface area contributed by atoms with Gasteiger partial charge in [0.2, 0.25) is 5.91 Å². The average Bonchev–Trinajstić information content (AvgIpc) is 2.49. The van der Waals surface area contributed by atoms with E-state index in [9.17, 15) is 4.79 Å². The molecule has 0 aliphatic carbocycles. The van der Waals surface area contributed by atoms with Gasteiger partial charge in [0.25, 0.3) is 0 Å². The van der Waals surface area contributed by atoms with Crippen molar-refractivity contribution in [1.82, 2.24) is 4.90 Å². The molecule has 1 aromatic rings. The number of amides is 1. The van der Waals surface area contributed by atoms with E-state index >= 15 is 0 Å². The predicted molar refractivity (Wildman–Crippen MR) is 82.3 cm³/mol. The second-order valence-corrected chi connectivity index (χ2v) is 5.32. The summed E-state index contributed by atoms with van der Waals surface area (Å²) in [6.07, 6.45) is 3.47. The molecular formula is C17H22N2O2. The van der Waals surface area contributed by atoms with E-state index in [1.54, 1.807) is 0 Å². The van der Waals surface area contributed by atoms with Crippen molar-refractivity contribution in [1.29, 1.82) is 0 Å². The van der Waals surface area contributed by atoms with Crippen molar-refractivity contribution >= 4 is 5.91 Å². The third-order valence-corrected chi connectivity index (χ3v) is 3.79. The number of nitrogens with zero attached hydrogens (tertiary/aromatic N) is 1. The maximum Gasteiger partial charge on any atom is 0.234 e. The Kier molecular flexibility index (Phi) is 5.79. The Hall–Kier alpha value is -1.83. The Labute approximate surface area is 125 Å². The third kappa shape index (κ3) is 4.32. The Balaban J connectivity index is 2.15. The normalized spacial score (nSPS) is 18.8. The quantitative estimate of drug-likeness (QED) is 0.819. The highest BCUT2D eigenvalue weighted by Gasteiger charge is 2.27. The summed E-state index contributed by atoms with van der Waals surface area (Å²) in [7, 11) is 0. The highest BCUT2D eigenvalue weighted by Crippen LogP contribution is 2.20. The number of nitrogens with two attached hydrogens (primary N) is 1. The first kappa shape index (κ1) is 15.6. The number of primary amides is 1. The van der Waals surface area contributed by atoms with Gasteiger partial charge in [0.1, 0.15) is 0 Å². The molecule has 2 rings (SSSR count). The SMILES string of the molecule is NC(=O)C1CCCCN1Cc1ccccc1C#CCCO. The van der Waals surface area contributed by atoms with Crippen molar-refractivity contribution in [2.24, 2.45) is 5.73 Å². The van der Waals surface area contributed by atoms with Crippen LogP contribution < -0.4 is 5.73 Å². The van der Waals surface area contributed by atoms with E-state index in [1.807, 2.05) is 24.3 Å². The van der Waals surface area contributed by atoms with Gasteiger partial charge in [-0.2, -0.15) is 0 Å².